The van der Waals surface area contributed by atoms with Crippen LogP contribution in [0.25, 0.3) is 0 Å². The van der Waals surface area contributed by atoms with Gasteiger partial charge in [-0.2, -0.15) is 13.2 Å². The molecule has 2 nitrogen and oxygen atoms in total. The highest BCUT2D eigenvalue weighted by Crippen LogP contribution is 2.21. The first kappa shape index (κ1) is 14.1. The molecule has 1 rings (SSSR count). The molecule has 1 unspecified atom stereocenters. The number of nitrogens with one attached hydrogen (secondary N) is 1. The van der Waals surface area contributed by atoms with E-state index < -0.39 is 12.7 Å². The summed E-state index contributed by atoms with van der Waals surface area (Å²) in [5, 5.41) is 3.32. The maximum atomic E-state index is 12.2. The number of rotatable bonds is 6. The molecule has 1 heterocycles. The van der Waals surface area contributed by atoms with Crippen molar-refractivity contribution < 1.29 is 13.2 Å². The van der Waals surface area contributed by atoms with E-state index in [0.717, 1.165) is 24.9 Å². The highest BCUT2D eigenvalue weighted by molar-refractivity contribution is 5.15. The molecule has 0 spiro atoms. The molecule has 98 valence electrons. The fraction of sp³-hybridized carbons (Fsp3) is 0.667. The summed E-state index contributed by atoms with van der Waals surface area (Å²) in [4.78, 5) is 0. The van der Waals surface area contributed by atoms with Crippen LogP contribution < -0.4 is 5.32 Å². The van der Waals surface area contributed by atoms with Gasteiger partial charge in [0.05, 0.1) is 0 Å². The summed E-state index contributed by atoms with van der Waals surface area (Å²) in [7, 11) is 0. The number of hydrogen-bond acceptors (Lipinski definition) is 1. The maximum absolute atomic E-state index is 12.2. The second-order valence-corrected chi connectivity index (χ2v) is 4.15. The number of halogens is 3. The molecule has 0 aliphatic carbocycles. The van der Waals surface area contributed by atoms with Crippen LogP contribution in [0, 0.1) is 0 Å². The lowest BCUT2D eigenvalue weighted by Crippen LogP contribution is -2.21. The molecule has 0 aromatic carbocycles. The highest BCUT2D eigenvalue weighted by Gasteiger charge is 2.27. The molecule has 17 heavy (non-hydrogen) atoms. The van der Waals surface area contributed by atoms with Crippen molar-refractivity contribution >= 4 is 0 Å². The van der Waals surface area contributed by atoms with Crippen LogP contribution in [0.3, 0.4) is 0 Å². The molecule has 0 fully saturated rings. The predicted molar refractivity (Wildman–Crippen MR) is 61.8 cm³/mol. The van der Waals surface area contributed by atoms with Crippen LogP contribution >= 0.6 is 0 Å². The standard InChI is InChI=1S/C12H19F3N2/c1-3-6-16-11(4-2)10-5-7-17(8-10)9-12(13,14)15/h5,7-8,11,16H,3-4,6,9H2,1-2H3. The topological polar surface area (TPSA) is 17.0 Å². The van der Waals surface area contributed by atoms with Crippen molar-refractivity contribution in [3.05, 3.63) is 24.0 Å². The zero-order chi connectivity index (χ0) is 12.9. The molecule has 1 N–H and O–H groups in total. The zero-order valence-electron chi connectivity index (χ0n) is 10.2. The van der Waals surface area contributed by atoms with Crippen molar-refractivity contribution in [1.82, 2.24) is 9.88 Å². The summed E-state index contributed by atoms with van der Waals surface area (Å²) in [6, 6.07) is 1.90. The van der Waals surface area contributed by atoms with Crippen LogP contribution in [0.4, 0.5) is 13.2 Å². The van der Waals surface area contributed by atoms with Gasteiger partial charge in [-0.05, 0) is 31.0 Å². The average Bonchev–Trinajstić information content (AvgIpc) is 2.65. The van der Waals surface area contributed by atoms with E-state index in [-0.39, 0.29) is 6.04 Å². The van der Waals surface area contributed by atoms with E-state index in [1.165, 1.54) is 10.8 Å². The van der Waals surface area contributed by atoms with E-state index in [1.807, 2.05) is 6.92 Å². The van der Waals surface area contributed by atoms with E-state index in [1.54, 1.807) is 12.3 Å². The van der Waals surface area contributed by atoms with Crippen LogP contribution in [0.1, 0.15) is 38.3 Å². The molecule has 5 heteroatoms. The summed E-state index contributed by atoms with van der Waals surface area (Å²) >= 11 is 0. The van der Waals surface area contributed by atoms with Gasteiger partial charge in [-0.25, -0.2) is 0 Å². The van der Waals surface area contributed by atoms with Crippen LogP contribution in [-0.2, 0) is 6.54 Å². The molecule has 0 bridgehead atoms. The molecule has 1 atom stereocenters. The molecule has 1 aromatic heterocycles. The van der Waals surface area contributed by atoms with Crippen LogP contribution in [0.5, 0.6) is 0 Å². The molecule has 0 saturated heterocycles. The van der Waals surface area contributed by atoms with E-state index in [4.69, 9.17) is 0 Å². The Morgan fingerprint density at radius 1 is 1.35 bits per heavy atom. The lowest BCUT2D eigenvalue weighted by molar-refractivity contribution is -0.140. The number of aromatic nitrogens is 1. The molecule has 0 amide bonds. The van der Waals surface area contributed by atoms with Gasteiger partial charge in [0, 0.05) is 18.4 Å². The fourth-order valence-corrected chi connectivity index (χ4v) is 1.79. The Labute approximate surface area is 99.8 Å². The van der Waals surface area contributed by atoms with Gasteiger partial charge >= 0.3 is 6.18 Å². The van der Waals surface area contributed by atoms with Crippen molar-refractivity contribution in [2.24, 2.45) is 0 Å². The Bertz CT molecular complexity index is 331. The summed E-state index contributed by atoms with van der Waals surface area (Å²) in [5.74, 6) is 0. The second kappa shape index (κ2) is 6.10. The van der Waals surface area contributed by atoms with Crippen molar-refractivity contribution in [3.63, 3.8) is 0 Å². The Morgan fingerprint density at radius 3 is 2.59 bits per heavy atom. The van der Waals surface area contributed by atoms with Gasteiger partial charge in [-0.3, -0.25) is 0 Å². The lowest BCUT2D eigenvalue weighted by atomic mass is 10.1. The smallest absolute Gasteiger partial charge is 0.345 e. The van der Waals surface area contributed by atoms with Crippen molar-refractivity contribution in [2.45, 2.75) is 45.5 Å². The van der Waals surface area contributed by atoms with E-state index >= 15 is 0 Å². The SMILES string of the molecule is CCCNC(CC)c1ccn(CC(F)(F)F)c1. The van der Waals surface area contributed by atoms with Gasteiger partial charge in [0.1, 0.15) is 6.54 Å². The van der Waals surface area contributed by atoms with E-state index in [0.29, 0.717) is 0 Å². The first-order valence-corrected chi connectivity index (χ1v) is 5.92. The van der Waals surface area contributed by atoms with Gasteiger partial charge in [-0.15, -0.1) is 0 Å². The Balaban J connectivity index is 2.65. The molecule has 0 saturated carbocycles. The summed E-state index contributed by atoms with van der Waals surface area (Å²) in [6.07, 6.45) is 0.786. The summed E-state index contributed by atoms with van der Waals surface area (Å²) < 4.78 is 37.8. The molecule has 0 radical (unpaired) electrons. The van der Waals surface area contributed by atoms with Crippen molar-refractivity contribution in [3.8, 4) is 0 Å². The summed E-state index contributed by atoms with van der Waals surface area (Å²) in [6.45, 7) is 4.04. The van der Waals surface area contributed by atoms with Crippen LogP contribution in [0.2, 0.25) is 0 Å². The molecular weight excluding hydrogens is 229 g/mol. The van der Waals surface area contributed by atoms with Gasteiger partial charge in [0.25, 0.3) is 0 Å². The first-order valence-electron chi connectivity index (χ1n) is 5.92. The number of alkyl halides is 3. The normalized spacial score (nSPS) is 13.9. The molecule has 1 aromatic rings. The van der Waals surface area contributed by atoms with Crippen LogP contribution in [-0.4, -0.2) is 17.3 Å². The van der Waals surface area contributed by atoms with Crippen LogP contribution in [0.15, 0.2) is 18.5 Å². The average molecular weight is 248 g/mol. The minimum atomic E-state index is -4.16. The second-order valence-electron chi connectivity index (χ2n) is 4.15. The van der Waals surface area contributed by atoms with Crippen molar-refractivity contribution in [1.29, 1.82) is 0 Å². The predicted octanol–water partition coefficient (Wildman–Crippen LogP) is 3.50. The Morgan fingerprint density at radius 2 is 2.06 bits per heavy atom. The number of nitrogens with zero attached hydrogens (tertiary/aromatic N) is 1. The van der Waals surface area contributed by atoms with E-state index in [9.17, 15) is 13.2 Å². The Kier molecular flexibility index (Phi) is 5.05. The molecule has 0 aliphatic heterocycles. The Hall–Kier alpha value is -0.970. The van der Waals surface area contributed by atoms with Gasteiger partial charge in [-0.1, -0.05) is 13.8 Å². The maximum Gasteiger partial charge on any atom is 0.406 e. The third-order valence-electron chi connectivity index (χ3n) is 2.59. The minimum Gasteiger partial charge on any atom is -0.345 e. The first-order chi connectivity index (χ1) is 7.96. The third kappa shape index (κ3) is 4.81. The van der Waals surface area contributed by atoms with Gasteiger partial charge in [0.15, 0.2) is 0 Å². The third-order valence-corrected chi connectivity index (χ3v) is 2.59. The molecule has 0 aliphatic rings. The highest BCUT2D eigenvalue weighted by atomic mass is 19.4. The monoisotopic (exact) mass is 248 g/mol. The fourth-order valence-electron chi connectivity index (χ4n) is 1.79. The van der Waals surface area contributed by atoms with Gasteiger partial charge < -0.3 is 9.88 Å². The number of hydrogen-bond donors (Lipinski definition) is 1. The lowest BCUT2D eigenvalue weighted by Gasteiger charge is -2.15. The zero-order valence-corrected chi connectivity index (χ0v) is 10.2. The van der Waals surface area contributed by atoms with E-state index in [2.05, 4.69) is 12.2 Å². The molecular formula is C12H19F3N2. The summed E-state index contributed by atoms with van der Waals surface area (Å²) in [5.41, 5.74) is 0.921. The largest absolute Gasteiger partial charge is 0.406 e. The minimum absolute atomic E-state index is 0.143. The van der Waals surface area contributed by atoms with Crippen molar-refractivity contribution in [2.75, 3.05) is 6.54 Å². The quantitative estimate of drug-likeness (QED) is 0.815. The van der Waals surface area contributed by atoms with Gasteiger partial charge in [0.2, 0.25) is 0 Å².